The van der Waals surface area contributed by atoms with E-state index in [1.165, 1.54) is 55.8 Å². The molecule has 0 amide bonds. The first kappa shape index (κ1) is 28.7. The predicted octanol–water partition coefficient (Wildman–Crippen LogP) is 14.2. The molecule has 2 aliphatic carbocycles. The fourth-order valence-corrected chi connectivity index (χ4v) is 9.82. The average molecular weight is 951 g/mol. The second-order valence-electron chi connectivity index (χ2n) is 19.2. The van der Waals surface area contributed by atoms with E-state index in [9.17, 15) is 2.74 Å². The van der Waals surface area contributed by atoms with Crippen molar-refractivity contribution in [3.05, 3.63) is 113 Å². The van der Waals surface area contributed by atoms with E-state index in [0.717, 1.165) is 36.5 Å². The monoisotopic (exact) mass is 952 g/mol. The third-order valence-electron chi connectivity index (χ3n) is 11.3. The summed E-state index contributed by atoms with van der Waals surface area (Å²) in [6.45, 7) is 9.77. The Morgan fingerprint density at radius 2 is 1.58 bits per heavy atom. The van der Waals surface area contributed by atoms with Gasteiger partial charge in [-0.25, -0.2) is 4.98 Å². The molecule has 57 heavy (non-hydrogen) atoms. The molecule has 0 N–H and O–H groups in total. The maximum absolute atomic E-state index is 9.45. The third-order valence-corrected chi connectivity index (χ3v) is 11.3. The van der Waals surface area contributed by atoms with E-state index in [0.29, 0.717) is 49.9 Å². The first-order valence-electron chi connectivity index (χ1n) is 26.2. The average Bonchev–Trinajstić information content (AvgIpc) is 3.61. The summed E-state index contributed by atoms with van der Waals surface area (Å²) in [6.07, 6.45) is 6.89. The maximum Gasteiger partial charge on any atom is 0.216 e. The smallest absolute Gasteiger partial charge is 0.216 e. The summed E-state index contributed by atoms with van der Waals surface area (Å²) >= 11 is 0. The van der Waals surface area contributed by atoms with Crippen molar-refractivity contribution in [3.63, 3.8) is 0 Å². The number of hydrogen-bond acceptors (Lipinski definition) is 4. The minimum Gasteiger partial charge on any atom is -0.486 e. The van der Waals surface area contributed by atoms with Crippen molar-refractivity contribution in [2.24, 2.45) is 27.1 Å². The molecule has 2 saturated carbocycles. The fourth-order valence-electron chi connectivity index (χ4n) is 9.82. The normalized spacial score (nSPS) is 22.7. The van der Waals surface area contributed by atoms with Gasteiger partial charge >= 0.3 is 0 Å². The van der Waals surface area contributed by atoms with Crippen molar-refractivity contribution < 1.29 is 42.3 Å². The summed E-state index contributed by atoms with van der Waals surface area (Å²) in [6, 6.07) is 22.4. The van der Waals surface area contributed by atoms with Gasteiger partial charge in [0.15, 0.2) is 0 Å². The van der Waals surface area contributed by atoms with Crippen LogP contribution in [0.25, 0.3) is 44.6 Å². The van der Waals surface area contributed by atoms with Crippen LogP contribution in [-0.2, 0) is 32.9 Å². The minimum absolute atomic E-state index is 0. The van der Waals surface area contributed by atoms with Crippen molar-refractivity contribution in [3.8, 4) is 22.5 Å². The molecule has 0 aliphatic heterocycles. The number of hydrogen-bond donors (Lipinski definition) is 0. The molecule has 1 radical (unpaired) electrons. The summed E-state index contributed by atoms with van der Waals surface area (Å²) in [5.41, 5.74) is 2.97. The van der Waals surface area contributed by atoms with E-state index in [4.69, 9.17) is 19.5 Å². The van der Waals surface area contributed by atoms with Gasteiger partial charge in [0.1, 0.15) is 0 Å². The Kier molecular flexibility index (Phi) is 8.15. The minimum atomic E-state index is -2.51. The van der Waals surface area contributed by atoms with E-state index < -0.39 is 44.1 Å². The van der Waals surface area contributed by atoms with Gasteiger partial charge in [0.05, 0.1) is 5.58 Å². The number of nitrogens with zero attached hydrogens (tertiary/aromatic N) is 3. The van der Waals surface area contributed by atoms with E-state index in [2.05, 4.69) is 61.7 Å². The molecule has 4 heterocycles. The summed E-state index contributed by atoms with van der Waals surface area (Å²) in [5.74, 6) is 0. The number of benzene rings is 2. The number of rotatable bonds is 5. The summed E-state index contributed by atoms with van der Waals surface area (Å²) in [5, 5.41) is 1.51. The molecule has 2 fully saturated rings. The summed E-state index contributed by atoms with van der Waals surface area (Å²) < 4.78 is 111. The molecule has 0 saturated heterocycles. The Labute approximate surface area is 374 Å². The molecule has 0 atom stereocenters. The number of aryl methyl sites for hydroxylation is 3. The summed E-state index contributed by atoms with van der Waals surface area (Å²) in [4.78, 5) is 13.0. The standard InChI is InChI=1S/C34H41N2O.C18H22N.Ir/c1-23-10-11-26-25-8-7-9-27(29(25)37-30(26)36-23)28-18-24(12-17-35-28)19-33(6)13-15-34(16-14-33)21-31(2,3)20-32(4,5)22-34;1-13-6-8-15(9-7-13)17-10-16(11-18(3,4)5)14(2)12-19-17;/h7-8,10-12,17-18H,13-16,19-22H2,1-6H3;6-8,10,12H,11H2,1-5H3;/q2*-1;/i1D3,19D2;1D3,2D3,11D2;. The van der Waals surface area contributed by atoms with E-state index in [1.54, 1.807) is 45.2 Å². The van der Waals surface area contributed by atoms with Crippen LogP contribution in [0.5, 0.6) is 0 Å². The predicted molar refractivity (Wildman–Crippen MR) is 234 cm³/mol. The molecule has 6 aromatic rings. The molecule has 2 aliphatic rings. The van der Waals surface area contributed by atoms with Crippen LogP contribution in [0.1, 0.15) is 146 Å². The van der Waals surface area contributed by atoms with Crippen molar-refractivity contribution in [1.29, 1.82) is 0 Å². The van der Waals surface area contributed by atoms with Crippen LogP contribution in [0.15, 0.2) is 77.5 Å². The first-order chi connectivity index (χ1) is 31.5. The molecule has 1 spiro atoms. The van der Waals surface area contributed by atoms with E-state index in [1.807, 2.05) is 12.1 Å². The van der Waals surface area contributed by atoms with Gasteiger partial charge in [-0.1, -0.05) is 96.5 Å². The Balaban J connectivity index is 0.000000250. The van der Waals surface area contributed by atoms with Crippen molar-refractivity contribution in [1.82, 2.24) is 15.0 Å². The van der Waals surface area contributed by atoms with Gasteiger partial charge in [0, 0.05) is 61.4 Å². The van der Waals surface area contributed by atoms with E-state index in [-0.39, 0.29) is 48.2 Å². The topological polar surface area (TPSA) is 51.8 Å². The molecule has 2 aromatic carbocycles. The van der Waals surface area contributed by atoms with E-state index >= 15 is 0 Å². The van der Waals surface area contributed by atoms with Gasteiger partial charge in [-0.3, -0.25) is 0 Å². The molecule has 5 heteroatoms. The van der Waals surface area contributed by atoms with Gasteiger partial charge in [0.25, 0.3) is 0 Å². The van der Waals surface area contributed by atoms with Crippen LogP contribution >= 0.6 is 0 Å². The zero-order valence-corrected chi connectivity index (χ0v) is 36.9. The Bertz CT molecular complexity index is 2830. The molecule has 4 nitrogen and oxygen atoms in total. The van der Waals surface area contributed by atoms with Crippen LogP contribution in [0, 0.1) is 59.8 Å². The van der Waals surface area contributed by atoms with Crippen LogP contribution in [0.4, 0.5) is 0 Å². The molecule has 0 bridgehead atoms. The van der Waals surface area contributed by atoms with Crippen molar-refractivity contribution in [2.75, 3.05) is 0 Å². The number of fused-ring (bicyclic) bond motifs is 3. The number of pyridine rings is 3. The number of furan rings is 1. The van der Waals surface area contributed by atoms with Crippen LogP contribution < -0.4 is 0 Å². The van der Waals surface area contributed by atoms with Gasteiger partial charge in [-0.05, 0) is 134 Å². The second kappa shape index (κ2) is 16.2. The quantitative estimate of drug-likeness (QED) is 0.162. The maximum atomic E-state index is 9.45. The Hall–Kier alpha value is -3.66. The van der Waals surface area contributed by atoms with Crippen molar-refractivity contribution >= 4 is 22.1 Å². The Morgan fingerprint density at radius 1 is 0.807 bits per heavy atom. The largest absolute Gasteiger partial charge is 0.486 e. The molecular formula is C52H63IrN3O-2. The second-order valence-corrected chi connectivity index (χ2v) is 19.2. The van der Waals surface area contributed by atoms with Gasteiger partial charge in [-0.15, -0.1) is 53.6 Å². The molecule has 0 unspecified atom stereocenters. The Morgan fingerprint density at radius 3 is 2.25 bits per heavy atom. The van der Waals surface area contributed by atoms with Gasteiger partial charge in [-0.2, -0.15) is 0 Å². The molecular weight excluding hydrogens is 875 g/mol. The van der Waals surface area contributed by atoms with Crippen LogP contribution in [0.2, 0.25) is 0 Å². The van der Waals surface area contributed by atoms with Crippen LogP contribution in [-0.4, -0.2) is 15.0 Å². The van der Waals surface area contributed by atoms with Crippen molar-refractivity contribution in [2.45, 2.75) is 134 Å². The number of aromatic nitrogens is 3. The summed E-state index contributed by atoms with van der Waals surface area (Å²) in [7, 11) is 0. The van der Waals surface area contributed by atoms with Crippen LogP contribution in [0.3, 0.4) is 0 Å². The SMILES string of the molecule is [2H]C([2H])([2H])c1c[c-]c(-c2cc(C([2H])([2H])C(C)(C)C)c(C([2H])([2H])[2H])cn2)cc1.[2H]C([2H])([2H])c1ccc2c(n1)oc1c(-c3cc(C([2H])([2H])C4(C)CCC5(CC4)CC(C)(C)CC(C)(C)C5)ccn3)[c-]ccc12.[Ir]. The zero-order chi connectivity index (χ0) is 51.2. The molecule has 4 aromatic heterocycles. The zero-order valence-electron chi connectivity index (χ0n) is 47.5. The molecule has 303 valence electrons. The van der Waals surface area contributed by atoms with Gasteiger partial charge in [0.2, 0.25) is 5.71 Å². The van der Waals surface area contributed by atoms with Gasteiger partial charge < -0.3 is 14.4 Å². The third kappa shape index (κ3) is 10.1. The first-order valence-corrected chi connectivity index (χ1v) is 19.7. The molecule has 8 rings (SSSR count). The fraction of sp³-hybridized carbons (Fsp3) is 0.481.